The van der Waals surface area contributed by atoms with Crippen LogP contribution in [-0.4, -0.2) is 11.4 Å². The summed E-state index contributed by atoms with van der Waals surface area (Å²) in [6, 6.07) is 4.07. The number of carbonyl (C=O) groups excluding carboxylic acids is 1. The molecule has 1 saturated carbocycles. The van der Waals surface area contributed by atoms with Gasteiger partial charge in [-0.1, -0.05) is 6.92 Å². The van der Waals surface area contributed by atoms with Gasteiger partial charge in [0.2, 0.25) is 5.91 Å². The van der Waals surface area contributed by atoms with Crippen molar-refractivity contribution in [3.63, 3.8) is 0 Å². The van der Waals surface area contributed by atoms with Crippen molar-refractivity contribution < 1.29 is 9.21 Å². The number of hydrogen-bond acceptors (Lipinski definition) is 3. The summed E-state index contributed by atoms with van der Waals surface area (Å²) < 4.78 is 5.80. The molecule has 1 amide bonds. The molecule has 1 aromatic heterocycles. The van der Waals surface area contributed by atoms with E-state index >= 15 is 0 Å². The number of hydrogen-bond donors (Lipinski definition) is 2. The number of amides is 1. The number of nitrogens with two attached hydrogens (primary N) is 1. The van der Waals surface area contributed by atoms with E-state index in [2.05, 4.69) is 18.3 Å². The summed E-state index contributed by atoms with van der Waals surface area (Å²) in [5, 5.41) is 3.30. The summed E-state index contributed by atoms with van der Waals surface area (Å²) in [6.07, 6.45) is 1.55. The van der Waals surface area contributed by atoms with Gasteiger partial charge in [0.25, 0.3) is 0 Å². The van der Waals surface area contributed by atoms with Crippen molar-refractivity contribution in [2.75, 3.05) is 0 Å². The summed E-state index contributed by atoms with van der Waals surface area (Å²) in [6.45, 7) is 6.79. The standard InChI is InChI=1S/C14H22N2O2/c1-9-6-11(9)12-5-4-10(18-12)8-16-14(2,3)7-13(15)17/h4-5,9,11,16H,6-8H2,1-3H3,(H2,15,17). The molecule has 0 radical (unpaired) electrons. The summed E-state index contributed by atoms with van der Waals surface area (Å²) >= 11 is 0. The van der Waals surface area contributed by atoms with E-state index < -0.39 is 0 Å². The lowest BCUT2D eigenvalue weighted by Crippen LogP contribution is -2.42. The third-order valence-corrected chi connectivity index (χ3v) is 3.51. The first kappa shape index (κ1) is 13.1. The van der Waals surface area contributed by atoms with Crippen LogP contribution in [0.25, 0.3) is 0 Å². The van der Waals surface area contributed by atoms with E-state index in [1.165, 1.54) is 6.42 Å². The maximum atomic E-state index is 10.9. The van der Waals surface area contributed by atoms with Crippen LogP contribution in [-0.2, 0) is 11.3 Å². The van der Waals surface area contributed by atoms with Crippen molar-refractivity contribution in [3.05, 3.63) is 23.7 Å². The van der Waals surface area contributed by atoms with Crippen LogP contribution in [0.4, 0.5) is 0 Å². The van der Waals surface area contributed by atoms with Gasteiger partial charge in [-0.15, -0.1) is 0 Å². The Labute approximate surface area is 108 Å². The van der Waals surface area contributed by atoms with Crippen LogP contribution in [0.1, 0.15) is 51.1 Å². The maximum absolute atomic E-state index is 10.9. The zero-order valence-electron chi connectivity index (χ0n) is 11.3. The molecule has 0 aromatic carbocycles. The molecule has 2 atom stereocenters. The van der Waals surface area contributed by atoms with E-state index in [0.29, 0.717) is 18.9 Å². The molecule has 1 fully saturated rings. The predicted molar refractivity (Wildman–Crippen MR) is 70.0 cm³/mol. The Morgan fingerprint density at radius 1 is 1.56 bits per heavy atom. The monoisotopic (exact) mass is 250 g/mol. The zero-order valence-corrected chi connectivity index (χ0v) is 11.3. The van der Waals surface area contributed by atoms with Crippen LogP contribution in [0.3, 0.4) is 0 Å². The zero-order chi connectivity index (χ0) is 13.3. The van der Waals surface area contributed by atoms with E-state index in [-0.39, 0.29) is 11.4 Å². The average Bonchev–Trinajstić information content (AvgIpc) is 2.78. The molecule has 4 nitrogen and oxygen atoms in total. The highest BCUT2D eigenvalue weighted by Crippen LogP contribution is 2.47. The van der Waals surface area contributed by atoms with Gasteiger partial charge in [-0.2, -0.15) is 0 Å². The fourth-order valence-corrected chi connectivity index (χ4v) is 2.23. The molecule has 1 aliphatic carbocycles. The number of furan rings is 1. The van der Waals surface area contributed by atoms with Crippen molar-refractivity contribution in [1.82, 2.24) is 5.32 Å². The minimum atomic E-state index is -0.300. The highest BCUT2D eigenvalue weighted by atomic mass is 16.3. The van der Waals surface area contributed by atoms with Crippen molar-refractivity contribution in [3.8, 4) is 0 Å². The molecule has 2 rings (SSSR count). The Morgan fingerprint density at radius 2 is 2.22 bits per heavy atom. The van der Waals surface area contributed by atoms with Crippen LogP contribution in [0.2, 0.25) is 0 Å². The van der Waals surface area contributed by atoms with Gasteiger partial charge in [0.1, 0.15) is 11.5 Å². The van der Waals surface area contributed by atoms with Crippen LogP contribution >= 0.6 is 0 Å². The summed E-state index contributed by atoms with van der Waals surface area (Å²) in [4.78, 5) is 10.9. The van der Waals surface area contributed by atoms with Gasteiger partial charge in [-0.25, -0.2) is 0 Å². The van der Waals surface area contributed by atoms with E-state index in [9.17, 15) is 4.79 Å². The molecule has 0 saturated heterocycles. The molecule has 1 heterocycles. The van der Waals surface area contributed by atoms with Gasteiger partial charge in [-0.05, 0) is 38.3 Å². The Morgan fingerprint density at radius 3 is 2.78 bits per heavy atom. The molecule has 18 heavy (non-hydrogen) atoms. The number of primary amides is 1. The second-order valence-corrected chi connectivity index (χ2v) is 6.00. The molecule has 100 valence electrons. The molecule has 0 bridgehead atoms. The largest absolute Gasteiger partial charge is 0.464 e. The molecular weight excluding hydrogens is 228 g/mol. The quantitative estimate of drug-likeness (QED) is 0.812. The van der Waals surface area contributed by atoms with E-state index in [1.54, 1.807) is 0 Å². The van der Waals surface area contributed by atoms with Crippen molar-refractivity contribution in [2.45, 2.75) is 51.6 Å². The molecule has 4 heteroatoms. The first-order valence-corrected chi connectivity index (χ1v) is 6.49. The molecule has 1 aromatic rings. The summed E-state index contributed by atoms with van der Waals surface area (Å²) in [7, 11) is 0. The second-order valence-electron chi connectivity index (χ2n) is 6.00. The lowest BCUT2D eigenvalue weighted by atomic mass is 10.0. The van der Waals surface area contributed by atoms with Gasteiger partial charge in [0.05, 0.1) is 6.54 Å². The van der Waals surface area contributed by atoms with Crippen LogP contribution in [0, 0.1) is 5.92 Å². The highest BCUT2D eigenvalue weighted by molar-refractivity contribution is 5.74. The molecule has 1 aliphatic rings. The third-order valence-electron chi connectivity index (χ3n) is 3.51. The Bertz CT molecular complexity index is 437. The molecule has 0 aliphatic heterocycles. The van der Waals surface area contributed by atoms with Crippen LogP contribution in [0.15, 0.2) is 16.5 Å². The minimum absolute atomic E-state index is 0.292. The van der Waals surface area contributed by atoms with Gasteiger partial charge >= 0.3 is 0 Å². The first-order chi connectivity index (χ1) is 8.37. The molecule has 3 N–H and O–H groups in total. The Kier molecular flexibility index (Phi) is 3.48. The van der Waals surface area contributed by atoms with Gasteiger partial charge < -0.3 is 15.5 Å². The third kappa shape index (κ3) is 3.35. The SMILES string of the molecule is CC1CC1c1ccc(CNC(C)(C)CC(N)=O)o1. The normalized spacial score (nSPS) is 23.1. The van der Waals surface area contributed by atoms with Crippen LogP contribution < -0.4 is 11.1 Å². The summed E-state index contributed by atoms with van der Waals surface area (Å²) in [5.74, 6) is 3.08. The lowest BCUT2D eigenvalue weighted by molar-refractivity contribution is -0.119. The van der Waals surface area contributed by atoms with Crippen LogP contribution in [0.5, 0.6) is 0 Å². The van der Waals surface area contributed by atoms with Gasteiger partial charge in [0.15, 0.2) is 0 Å². The Hall–Kier alpha value is -1.29. The average molecular weight is 250 g/mol. The van der Waals surface area contributed by atoms with Gasteiger partial charge in [-0.3, -0.25) is 4.79 Å². The fraction of sp³-hybridized carbons (Fsp3) is 0.643. The maximum Gasteiger partial charge on any atom is 0.219 e. The Balaban J connectivity index is 1.86. The predicted octanol–water partition coefficient (Wildman–Crippen LogP) is 2.15. The van der Waals surface area contributed by atoms with Crippen molar-refractivity contribution >= 4 is 5.91 Å². The molecule has 0 spiro atoms. The minimum Gasteiger partial charge on any atom is -0.464 e. The molecule has 2 unspecified atom stereocenters. The van der Waals surface area contributed by atoms with E-state index in [4.69, 9.17) is 10.2 Å². The number of carbonyl (C=O) groups is 1. The number of nitrogens with one attached hydrogen (secondary N) is 1. The number of rotatable bonds is 6. The first-order valence-electron chi connectivity index (χ1n) is 6.49. The highest BCUT2D eigenvalue weighted by Gasteiger charge is 2.36. The summed E-state index contributed by atoms with van der Waals surface area (Å²) in [5.41, 5.74) is 4.91. The second kappa shape index (κ2) is 4.76. The van der Waals surface area contributed by atoms with Crippen molar-refractivity contribution in [1.29, 1.82) is 0 Å². The van der Waals surface area contributed by atoms with E-state index in [1.807, 2.05) is 19.9 Å². The van der Waals surface area contributed by atoms with Crippen molar-refractivity contribution in [2.24, 2.45) is 11.7 Å². The fourth-order valence-electron chi connectivity index (χ4n) is 2.23. The molecular formula is C14H22N2O2. The lowest BCUT2D eigenvalue weighted by Gasteiger charge is -2.24. The van der Waals surface area contributed by atoms with E-state index in [0.717, 1.165) is 17.4 Å². The van der Waals surface area contributed by atoms with Gasteiger partial charge in [0, 0.05) is 17.9 Å². The topological polar surface area (TPSA) is 68.3 Å². The smallest absolute Gasteiger partial charge is 0.219 e.